The quantitative estimate of drug-likeness (QED) is 0.716. The summed E-state index contributed by atoms with van der Waals surface area (Å²) in [6.07, 6.45) is 0.794. The molecule has 2 N–H and O–H groups in total. The van der Waals surface area contributed by atoms with E-state index in [0.717, 1.165) is 23.2 Å². The van der Waals surface area contributed by atoms with Gasteiger partial charge in [-0.1, -0.05) is 31.5 Å². The van der Waals surface area contributed by atoms with Crippen LogP contribution in [-0.4, -0.2) is 22.1 Å². The van der Waals surface area contributed by atoms with E-state index in [1.54, 1.807) is 11.5 Å². The number of nitrogens with zero attached hydrogens (tertiary/aromatic N) is 2. The van der Waals surface area contributed by atoms with Gasteiger partial charge in [0, 0.05) is 29.4 Å². The molecule has 0 saturated heterocycles. The number of carbonyl (C=O) groups is 1. The number of nitrogens with one attached hydrogen (secondary N) is 2. The normalized spacial score (nSPS) is 15.6. The van der Waals surface area contributed by atoms with E-state index >= 15 is 0 Å². The number of fused-ring (bicyclic) bond motifs is 1. The van der Waals surface area contributed by atoms with Crippen LogP contribution in [0.5, 0.6) is 0 Å². The summed E-state index contributed by atoms with van der Waals surface area (Å²) < 4.78 is 6.90. The van der Waals surface area contributed by atoms with Gasteiger partial charge in [0.15, 0.2) is 0 Å². The molecule has 29 heavy (non-hydrogen) atoms. The van der Waals surface area contributed by atoms with Crippen molar-refractivity contribution in [2.24, 2.45) is 0 Å². The number of ether oxygens (including phenoxy) is 1. The number of carbonyl (C=O) groups excluding carboxylic acids is 1. The fourth-order valence-electron chi connectivity index (χ4n) is 3.67. The Labute approximate surface area is 170 Å². The number of aromatic nitrogens is 2. The minimum absolute atomic E-state index is 0.283. The maximum Gasteiger partial charge on any atom is 0.351 e. The lowest BCUT2D eigenvalue weighted by atomic mass is 9.88. The Hall–Kier alpha value is -3.09. The van der Waals surface area contributed by atoms with Gasteiger partial charge in [-0.2, -0.15) is 4.98 Å². The van der Waals surface area contributed by atoms with Gasteiger partial charge in [0.05, 0.1) is 12.2 Å². The van der Waals surface area contributed by atoms with E-state index < -0.39 is 0 Å². The van der Waals surface area contributed by atoms with Gasteiger partial charge in [0.1, 0.15) is 11.6 Å². The number of aryl methyl sites for hydroxylation is 1. The monoisotopic (exact) mass is 396 g/mol. The van der Waals surface area contributed by atoms with Crippen molar-refractivity contribution in [3.05, 3.63) is 57.1 Å². The SMILES string of the molecule is CCCn1c2c(c(Nc3ccc(C)cc3)nc1=O)C(C)C(C(=O)OCC)=C(C)N2. The number of rotatable bonds is 6. The first kappa shape index (κ1) is 20.6. The fraction of sp³-hybridized carbons (Fsp3) is 0.409. The molecule has 0 spiro atoms. The fourth-order valence-corrected chi connectivity index (χ4v) is 3.67. The van der Waals surface area contributed by atoms with E-state index in [-0.39, 0.29) is 17.6 Å². The summed E-state index contributed by atoms with van der Waals surface area (Å²) in [6.45, 7) is 10.4. The van der Waals surface area contributed by atoms with Crippen molar-refractivity contribution in [2.45, 2.75) is 53.5 Å². The summed E-state index contributed by atoms with van der Waals surface area (Å²) in [6, 6.07) is 7.86. The Kier molecular flexibility index (Phi) is 6.06. The molecule has 2 heterocycles. The highest BCUT2D eigenvalue weighted by Crippen LogP contribution is 2.41. The third-order valence-electron chi connectivity index (χ3n) is 5.05. The molecule has 7 nitrogen and oxygen atoms in total. The van der Waals surface area contributed by atoms with Gasteiger partial charge in [-0.15, -0.1) is 0 Å². The highest BCUT2D eigenvalue weighted by Gasteiger charge is 2.33. The summed E-state index contributed by atoms with van der Waals surface area (Å²) in [7, 11) is 0. The Morgan fingerprint density at radius 3 is 2.55 bits per heavy atom. The second-order valence-electron chi connectivity index (χ2n) is 7.25. The Balaban J connectivity index is 2.15. The number of benzene rings is 1. The maximum atomic E-state index is 12.7. The van der Waals surface area contributed by atoms with Crippen molar-refractivity contribution in [1.82, 2.24) is 9.55 Å². The molecule has 1 atom stereocenters. The van der Waals surface area contributed by atoms with Crippen molar-refractivity contribution >= 4 is 23.3 Å². The van der Waals surface area contributed by atoms with E-state index in [9.17, 15) is 9.59 Å². The number of hydrogen-bond donors (Lipinski definition) is 2. The molecule has 3 rings (SSSR count). The molecular formula is C22H28N4O3. The molecule has 0 amide bonds. The van der Waals surface area contributed by atoms with Crippen molar-refractivity contribution in [3.8, 4) is 0 Å². The smallest absolute Gasteiger partial charge is 0.351 e. The summed E-state index contributed by atoms with van der Waals surface area (Å²) in [5.41, 5.74) is 3.67. The van der Waals surface area contributed by atoms with Gasteiger partial charge in [0.2, 0.25) is 0 Å². The van der Waals surface area contributed by atoms with Crippen LogP contribution in [0.4, 0.5) is 17.3 Å². The predicted octanol–water partition coefficient (Wildman–Crippen LogP) is 4.07. The molecule has 7 heteroatoms. The molecule has 0 aliphatic carbocycles. The molecule has 1 aliphatic heterocycles. The average Bonchev–Trinajstić information content (AvgIpc) is 2.66. The molecule has 0 fully saturated rings. The van der Waals surface area contributed by atoms with Crippen LogP contribution in [0.2, 0.25) is 0 Å². The average molecular weight is 396 g/mol. The van der Waals surface area contributed by atoms with Crippen LogP contribution >= 0.6 is 0 Å². The largest absolute Gasteiger partial charge is 0.463 e. The summed E-state index contributed by atoms with van der Waals surface area (Å²) in [5.74, 6) is 0.495. The Morgan fingerprint density at radius 2 is 1.93 bits per heavy atom. The Morgan fingerprint density at radius 1 is 1.24 bits per heavy atom. The van der Waals surface area contributed by atoms with E-state index in [1.165, 1.54) is 0 Å². The van der Waals surface area contributed by atoms with E-state index in [4.69, 9.17) is 4.74 Å². The van der Waals surface area contributed by atoms with Crippen LogP contribution in [0.1, 0.15) is 51.2 Å². The van der Waals surface area contributed by atoms with Crippen molar-refractivity contribution in [1.29, 1.82) is 0 Å². The predicted molar refractivity (Wildman–Crippen MR) is 115 cm³/mol. The van der Waals surface area contributed by atoms with Crippen molar-refractivity contribution in [2.75, 3.05) is 17.2 Å². The molecule has 1 aromatic carbocycles. The lowest BCUT2D eigenvalue weighted by Crippen LogP contribution is -2.33. The summed E-state index contributed by atoms with van der Waals surface area (Å²) in [4.78, 5) is 29.6. The van der Waals surface area contributed by atoms with E-state index in [2.05, 4.69) is 15.6 Å². The molecule has 0 radical (unpaired) electrons. The zero-order valence-electron chi connectivity index (χ0n) is 17.6. The van der Waals surface area contributed by atoms with Gasteiger partial charge in [0.25, 0.3) is 0 Å². The minimum atomic E-state index is -0.356. The van der Waals surface area contributed by atoms with Gasteiger partial charge < -0.3 is 15.4 Å². The molecule has 154 valence electrons. The molecular weight excluding hydrogens is 368 g/mol. The number of hydrogen-bond acceptors (Lipinski definition) is 6. The molecule has 0 saturated carbocycles. The molecule has 0 bridgehead atoms. The van der Waals surface area contributed by atoms with E-state index in [0.29, 0.717) is 36.1 Å². The lowest BCUT2D eigenvalue weighted by Gasteiger charge is -2.30. The van der Waals surface area contributed by atoms with Crippen molar-refractivity contribution in [3.63, 3.8) is 0 Å². The highest BCUT2D eigenvalue weighted by molar-refractivity contribution is 5.94. The minimum Gasteiger partial charge on any atom is -0.463 e. The van der Waals surface area contributed by atoms with Crippen LogP contribution in [0.15, 0.2) is 40.3 Å². The van der Waals surface area contributed by atoms with Crippen LogP contribution in [0, 0.1) is 6.92 Å². The first-order valence-corrected chi connectivity index (χ1v) is 10.0. The summed E-state index contributed by atoms with van der Waals surface area (Å²) >= 11 is 0. The topological polar surface area (TPSA) is 85.2 Å². The molecule has 2 aromatic rings. The number of esters is 1. The highest BCUT2D eigenvalue weighted by atomic mass is 16.5. The van der Waals surface area contributed by atoms with Crippen LogP contribution in [0.25, 0.3) is 0 Å². The summed E-state index contributed by atoms with van der Waals surface area (Å²) in [5, 5.41) is 6.54. The van der Waals surface area contributed by atoms with Crippen LogP contribution < -0.4 is 16.3 Å². The lowest BCUT2D eigenvalue weighted by molar-refractivity contribution is -0.138. The molecule has 1 aliphatic rings. The third kappa shape index (κ3) is 4.04. The van der Waals surface area contributed by atoms with Crippen LogP contribution in [0.3, 0.4) is 0 Å². The van der Waals surface area contributed by atoms with Crippen LogP contribution in [-0.2, 0) is 16.1 Å². The first-order valence-electron chi connectivity index (χ1n) is 10.0. The first-order chi connectivity index (χ1) is 13.9. The maximum absolute atomic E-state index is 12.7. The second kappa shape index (κ2) is 8.51. The third-order valence-corrected chi connectivity index (χ3v) is 5.05. The number of allylic oxidation sites excluding steroid dienone is 1. The zero-order chi connectivity index (χ0) is 21.1. The number of anilines is 3. The Bertz CT molecular complexity index is 1010. The van der Waals surface area contributed by atoms with Gasteiger partial charge >= 0.3 is 11.7 Å². The van der Waals surface area contributed by atoms with Crippen molar-refractivity contribution < 1.29 is 9.53 Å². The molecule has 1 unspecified atom stereocenters. The van der Waals surface area contributed by atoms with Gasteiger partial charge in [-0.05, 0) is 39.3 Å². The molecule has 1 aromatic heterocycles. The van der Waals surface area contributed by atoms with E-state index in [1.807, 2.05) is 52.0 Å². The second-order valence-corrected chi connectivity index (χ2v) is 7.25. The standard InChI is InChI=1S/C22H28N4O3/c1-6-12-26-20-18(14(4)17(15(5)23-20)21(27)29-7-2)19(25-22(26)28)24-16-10-8-13(3)9-11-16/h8-11,14,23H,6-7,12H2,1-5H3,(H,24,25,28). The zero-order valence-corrected chi connectivity index (χ0v) is 17.6. The van der Waals surface area contributed by atoms with Gasteiger partial charge in [-0.3, -0.25) is 4.57 Å². The van der Waals surface area contributed by atoms with Gasteiger partial charge in [-0.25, -0.2) is 9.59 Å².